The maximum absolute atomic E-state index is 8.99. The lowest BCUT2D eigenvalue weighted by Crippen LogP contribution is -1.95. The van der Waals surface area contributed by atoms with Crippen molar-refractivity contribution < 1.29 is 9.84 Å². The van der Waals surface area contributed by atoms with Crippen LogP contribution in [-0.4, -0.2) is 15.1 Å². The fraction of sp³-hybridized carbons (Fsp3) is 0.333. The Morgan fingerprint density at radius 3 is 2.63 bits per heavy atom. The number of ether oxygens (including phenoxy) is 1. The zero-order chi connectivity index (χ0) is 13.5. The average molecular weight is 258 g/mol. The number of aromatic nitrogens is 2. The second kappa shape index (κ2) is 6.85. The number of nitrogens with zero attached hydrogens (tertiary/aromatic N) is 2. The van der Waals surface area contributed by atoms with E-state index in [4.69, 9.17) is 9.84 Å². The minimum absolute atomic E-state index is 0.139. The minimum atomic E-state index is -0.139. The Labute approximate surface area is 113 Å². The molecule has 0 radical (unpaired) electrons. The highest BCUT2D eigenvalue weighted by Crippen LogP contribution is 2.20. The van der Waals surface area contributed by atoms with Gasteiger partial charge < -0.3 is 9.84 Å². The van der Waals surface area contributed by atoms with Gasteiger partial charge in [-0.2, -0.15) is 0 Å². The van der Waals surface area contributed by atoms with Crippen molar-refractivity contribution in [1.82, 2.24) is 9.97 Å². The van der Waals surface area contributed by atoms with E-state index < -0.39 is 0 Å². The first-order valence-corrected chi connectivity index (χ1v) is 6.50. The molecule has 0 atom stereocenters. The van der Waals surface area contributed by atoms with Gasteiger partial charge in [-0.15, -0.1) is 0 Å². The minimum Gasteiger partial charge on any atom is -0.437 e. The highest BCUT2D eigenvalue weighted by Gasteiger charge is 2.01. The number of unbranched alkanes of at least 4 members (excludes halogenated alkanes) is 1. The Morgan fingerprint density at radius 1 is 1.16 bits per heavy atom. The summed E-state index contributed by atoms with van der Waals surface area (Å²) in [5, 5.41) is 8.99. The van der Waals surface area contributed by atoms with Crippen molar-refractivity contribution in [2.24, 2.45) is 0 Å². The molecule has 0 amide bonds. The lowest BCUT2D eigenvalue weighted by atomic mass is 10.1. The normalized spacial score (nSPS) is 10.4. The van der Waals surface area contributed by atoms with Crippen LogP contribution in [0.1, 0.15) is 31.0 Å². The summed E-state index contributed by atoms with van der Waals surface area (Å²) >= 11 is 0. The standard InChI is InChI=1S/C15H18N2O2/c1-2-3-4-12-5-7-14(8-6-12)19-15-10-16-9-13(11-18)17-15/h5-10,18H,2-4,11H2,1H3. The maximum atomic E-state index is 8.99. The van der Waals surface area contributed by atoms with Crippen LogP contribution in [0.4, 0.5) is 0 Å². The molecule has 19 heavy (non-hydrogen) atoms. The van der Waals surface area contributed by atoms with Gasteiger partial charge in [-0.3, -0.25) is 4.98 Å². The first-order valence-electron chi connectivity index (χ1n) is 6.50. The molecule has 0 bridgehead atoms. The Hall–Kier alpha value is -1.94. The molecule has 0 aliphatic rings. The predicted molar refractivity (Wildman–Crippen MR) is 73.1 cm³/mol. The van der Waals surface area contributed by atoms with E-state index in [0.29, 0.717) is 11.6 Å². The molecule has 0 aliphatic carbocycles. The van der Waals surface area contributed by atoms with Crippen LogP contribution in [0.5, 0.6) is 11.6 Å². The molecule has 0 spiro atoms. The van der Waals surface area contributed by atoms with Gasteiger partial charge in [0.1, 0.15) is 5.75 Å². The molecule has 1 N–H and O–H groups in total. The molecule has 0 aliphatic heterocycles. The second-order valence-electron chi connectivity index (χ2n) is 4.36. The largest absolute Gasteiger partial charge is 0.437 e. The summed E-state index contributed by atoms with van der Waals surface area (Å²) in [5.41, 5.74) is 1.81. The van der Waals surface area contributed by atoms with Crippen LogP contribution in [0, 0.1) is 0 Å². The number of hydrogen-bond acceptors (Lipinski definition) is 4. The van der Waals surface area contributed by atoms with E-state index in [0.717, 1.165) is 12.2 Å². The summed E-state index contributed by atoms with van der Waals surface area (Å²) in [6.07, 6.45) is 6.54. The molecule has 4 nitrogen and oxygen atoms in total. The van der Waals surface area contributed by atoms with Crippen LogP contribution in [0.25, 0.3) is 0 Å². The van der Waals surface area contributed by atoms with Gasteiger partial charge >= 0.3 is 0 Å². The van der Waals surface area contributed by atoms with E-state index in [1.54, 1.807) is 0 Å². The molecular weight excluding hydrogens is 240 g/mol. The number of hydrogen-bond donors (Lipinski definition) is 1. The zero-order valence-corrected chi connectivity index (χ0v) is 11.0. The smallest absolute Gasteiger partial charge is 0.238 e. The fourth-order valence-corrected chi connectivity index (χ4v) is 1.74. The van der Waals surface area contributed by atoms with Crippen LogP contribution in [-0.2, 0) is 13.0 Å². The van der Waals surface area contributed by atoms with Crippen LogP contribution < -0.4 is 4.74 Å². The first-order chi connectivity index (χ1) is 9.31. The van der Waals surface area contributed by atoms with Gasteiger partial charge in [0.15, 0.2) is 0 Å². The molecule has 1 aromatic heterocycles. The van der Waals surface area contributed by atoms with Gasteiger partial charge in [-0.05, 0) is 30.5 Å². The molecule has 0 fully saturated rings. The van der Waals surface area contributed by atoms with Crippen molar-refractivity contribution in [2.45, 2.75) is 32.8 Å². The number of aliphatic hydroxyl groups excluding tert-OH is 1. The monoisotopic (exact) mass is 258 g/mol. The van der Waals surface area contributed by atoms with Gasteiger partial charge in [0.05, 0.1) is 24.7 Å². The molecule has 0 saturated carbocycles. The van der Waals surface area contributed by atoms with Crippen LogP contribution in [0.15, 0.2) is 36.7 Å². The summed E-state index contributed by atoms with van der Waals surface area (Å²) in [6.45, 7) is 2.05. The SMILES string of the molecule is CCCCc1ccc(Oc2cncc(CO)n2)cc1. The van der Waals surface area contributed by atoms with Crippen LogP contribution >= 0.6 is 0 Å². The Balaban J connectivity index is 2.02. The van der Waals surface area contributed by atoms with Gasteiger partial charge in [-0.25, -0.2) is 4.98 Å². The Kier molecular flexibility index (Phi) is 4.86. The number of benzene rings is 1. The zero-order valence-electron chi connectivity index (χ0n) is 11.0. The summed E-state index contributed by atoms with van der Waals surface area (Å²) in [6, 6.07) is 7.99. The number of aliphatic hydroxyl groups is 1. The van der Waals surface area contributed by atoms with E-state index in [1.807, 2.05) is 12.1 Å². The van der Waals surface area contributed by atoms with E-state index in [1.165, 1.54) is 30.8 Å². The van der Waals surface area contributed by atoms with Gasteiger partial charge in [0.2, 0.25) is 5.88 Å². The third-order valence-corrected chi connectivity index (χ3v) is 2.79. The van der Waals surface area contributed by atoms with Crippen molar-refractivity contribution in [3.8, 4) is 11.6 Å². The summed E-state index contributed by atoms with van der Waals surface area (Å²) in [5.74, 6) is 1.12. The molecule has 100 valence electrons. The van der Waals surface area contributed by atoms with E-state index in [2.05, 4.69) is 29.0 Å². The molecule has 4 heteroatoms. The molecule has 0 unspecified atom stereocenters. The highest BCUT2D eigenvalue weighted by atomic mass is 16.5. The van der Waals surface area contributed by atoms with Crippen molar-refractivity contribution in [2.75, 3.05) is 0 Å². The fourth-order valence-electron chi connectivity index (χ4n) is 1.74. The summed E-state index contributed by atoms with van der Waals surface area (Å²) in [7, 11) is 0. The predicted octanol–water partition coefficient (Wildman–Crippen LogP) is 3.10. The Morgan fingerprint density at radius 2 is 1.95 bits per heavy atom. The number of rotatable bonds is 6. The van der Waals surface area contributed by atoms with Crippen molar-refractivity contribution in [3.05, 3.63) is 47.9 Å². The van der Waals surface area contributed by atoms with Gasteiger partial charge in [-0.1, -0.05) is 25.5 Å². The topological polar surface area (TPSA) is 55.2 Å². The third kappa shape index (κ3) is 4.03. The molecule has 2 rings (SSSR count). The molecule has 1 aromatic carbocycles. The second-order valence-corrected chi connectivity index (χ2v) is 4.36. The van der Waals surface area contributed by atoms with Crippen molar-refractivity contribution in [3.63, 3.8) is 0 Å². The Bertz CT molecular complexity index is 512. The van der Waals surface area contributed by atoms with E-state index in [9.17, 15) is 0 Å². The van der Waals surface area contributed by atoms with Crippen LogP contribution in [0.3, 0.4) is 0 Å². The van der Waals surface area contributed by atoms with Crippen LogP contribution in [0.2, 0.25) is 0 Å². The first kappa shape index (κ1) is 13.5. The lowest BCUT2D eigenvalue weighted by Gasteiger charge is -2.06. The van der Waals surface area contributed by atoms with Crippen molar-refractivity contribution in [1.29, 1.82) is 0 Å². The third-order valence-electron chi connectivity index (χ3n) is 2.79. The molecule has 0 saturated heterocycles. The molecule has 2 aromatic rings. The lowest BCUT2D eigenvalue weighted by molar-refractivity contribution is 0.274. The van der Waals surface area contributed by atoms with Gasteiger partial charge in [0.25, 0.3) is 0 Å². The maximum Gasteiger partial charge on any atom is 0.238 e. The summed E-state index contributed by atoms with van der Waals surface area (Å²) in [4.78, 5) is 8.09. The van der Waals surface area contributed by atoms with Gasteiger partial charge in [0, 0.05) is 0 Å². The average Bonchev–Trinajstić information content (AvgIpc) is 2.47. The summed E-state index contributed by atoms with van der Waals surface area (Å²) < 4.78 is 5.60. The quantitative estimate of drug-likeness (QED) is 0.865. The van der Waals surface area contributed by atoms with E-state index >= 15 is 0 Å². The molecule has 1 heterocycles. The van der Waals surface area contributed by atoms with Crippen molar-refractivity contribution >= 4 is 0 Å². The van der Waals surface area contributed by atoms with E-state index in [-0.39, 0.29) is 6.61 Å². The number of aryl methyl sites for hydroxylation is 1. The molecular formula is C15H18N2O2. The highest BCUT2D eigenvalue weighted by molar-refractivity contribution is 5.30.